The van der Waals surface area contributed by atoms with Crippen LogP contribution >= 0.6 is 0 Å². The normalized spacial score (nSPS) is 18.7. The molecule has 1 unspecified atom stereocenters. The maximum absolute atomic E-state index is 16.4. The van der Waals surface area contributed by atoms with Crippen LogP contribution in [0.3, 0.4) is 0 Å². The summed E-state index contributed by atoms with van der Waals surface area (Å²) in [6.45, 7) is 5.70. The fourth-order valence-corrected chi connectivity index (χ4v) is 6.43. The lowest BCUT2D eigenvalue weighted by atomic mass is 9.74. The summed E-state index contributed by atoms with van der Waals surface area (Å²) in [6.07, 6.45) is 3.99. The van der Waals surface area contributed by atoms with Gasteiger partial charge in [-0.25, -0.2) is 17.6 Å². The number of hydrogen-bond donors (Lipinski definition) is 1. The van der Waals surface area contributed by atoms with Crippen LogP contribution in [-0.4, -0.2) is 79.5 Å². The lowest BCUT2D eigenvalue weighted by Crippen LogP contribution is -2.42. The summed E-state index contributed by atoms with van der Waals surface area (Å²) in [4.78, 5) is 9.15. The Morgan fingerprint density at radius 2 is 1.74 bits per heavy atom. The van der Waals surface area contributed by atoms with Crippen molar-refractivity contribution in [1.29, 1.82) is 0 Å². The first-order valence-electron chi connectivity index (χ1n) is 15.2. The van der Waals surface area contributed by atoms with E-state index in [1.165, 1.54) is 0 Å². The number of rotatable bonds is 12. The Labute approximate surface area is 250 Å². The molecule has 0 saturated carbocycles. The van der Waals surface area contributed by atoms with Gasteiger partial charge < -0.3 is 19.5 Å². The number of aromatic nitrogens is 1. The summed E-state index contributed by atoms with van der Waals surface area (Å²) in [5.41, 5.74) is 2.30. The molecule has 2 fully saturated rings. The third-order valence-corrected chi connectivity index (χ3v) is 9.17. The molecule has 10 heteroatoms. The third-order valence-electron chi connectivity index (χ3n) is 9.17. The predicted molar refractivity (Wildman–Crippen MR) is 157 cm³/mol. The second-order valence-corrected chi connectivity index (χ2v) is 12.0. The maximum atomic E-state index is 16.4. The highest BCUT2D eigenvalue weighted by Gasteiger charge is 2.35. The van der Waals surface area contributed by atoms with Crippen molar-refractivity contribution in [2.75, 3.05) is 59.7 Å². The fourth-order valence-electron chi connectivity index (χ4n) is 6.43. The van der Waals surface area contributed by atoms with Gasteiger partial charge >= 0.3 is 0 Å². The second kappa shape index (κ2) is 14.3. The average Bonchev–Trinajstić information content (AvgIpc) is 3.03. The number of aliphatic hydroxyl groups is 1. The molecule has 0 radical (unpaired) electrons. The number of likely N-dealkylation sites (tertiary alicyclic amines) is 1. The molecule has 234 valence electrons. The predicted octanol–water partition coefficient (Wildman–Crippen LogP) is 5.99. The summed E-state index contributed by atoms with van der Waals surface area (Å²) in [5.74, 6) is -3.13. The highest BCUT2D eigenvalue weighted by molar-refractivity contribution is 5.85. The van der Waals surface area contributed by atoms with Crippen molar-refractivity contribution < 1.29 is 32.1 Å². The smallest absolute Gasteiger partial charge is 0.194 e. The van der Waals surface area contributed by atoms with Gasteiger partial charge in [-0.1, -0.05) is 0 Å². The Morgan fingerprint density at radius 3 is 2.42 bits per heavy atom. The van der Waals surface area contributed by atoms with E-state index in [1.807, 2.05) is 18.2 Å². The number of benzene rings is 2. The monoisotopic (exact) mass is 603 g/mol. The zero-order valence-corrected chi connectivity index (χ0v) is 24.8. The van der Waals surface area contributed by atoms with Crippen molar-refractivity contribution in [3.05, 3.63) is 70.7 Å². The molecule has 1 atom stereocenters. The largest absolute Gasteiger partial charge is 0.497 e. The SMILES string of the molecule is COc1ccc2ncc(CN3CCOCC3)c(C(F)CCC3(CO)CCN(CCCc4cc(F)c(F)c(F)c4)CC3)c2c1. The Balaban J connectivity index is 1.22. The summed E-state index contributed by atoms with van der Waals surface area (Å²) in [7, 11) is 1.60. The molecule has 6 nitrogen and oxygen atoms in total. The summed E-state index contributed by atoms with van der Waals surface area (Å²) in [6, 6.07) is 7.65. The van der Waals surface area contributed by atoms with Crippen molar-refractivity contribution >= 4 is 10.9 Å². The molecular weight excluding hydrogens is 562 g/mol. The molecule has 0 amide bonds. The number of alkyl halides is 1. The lowest BCUT2D eigenvalue weighted by Gasteiger charge is -2.41. The van der Waals surface area contributed by atoms with Crippen molar-refractivity contribution in [2.45, 2.75) is 51.2 Å². The summed E-state index contributed by atoms with van der Waals surface area (Å²) < 4.78 is 67.6. The van der Waals surface area contributed by atoms with E-state index >= 15 is 4.39 Å². The van der Waals surface area contributed by atoms with Crippen molar-refractivity contribution in [1.82, 2.24) is 14.8 Å². The van der Waals surface area contributed by atoms with E-state index in [-0.39, 0.29) is 18.4 Å². The zero-order chi connectivity index (χ0) is 30.4. The van der Waals surface area contributed by atoms with Crippen molar-refractivity contribution in [2.24, 2.45) is 5.41 Å². The van der Waals surface area contributed by atoms with Gasteiger partial charge in [0.1, 0.15) is 11.9 Å². The van der Waals surface area contributed by atoms with Crippen molar-refractivity contribution in [3.63, 3.8) is 0 Å². The molecule has 2 aliphatic rings. The topological polar surface area (TPSA) is 58.1 Å². The van der Waals surface area contributed by atoms with Crippen LogP contribution < -0.4 is 4.74 Å². The lowest BCUT2D eigenvalue weighted by molar-refractivity contribution is 0.0293. The van der Waals surface area contributed by atoms with E-state index in [9.17, 15) is 18.3 Å². The highest BCUT2D eigenvalue weighted by Crippen LogP contribution is 2.41. The number of hydrogen-bond acceptors (Lipinski definition) is 6. The van der Waals surface area contributed by atoms with Crippen LogP contribution in [-0.2, 0) is 17.7 Å². The van der Waals surface area contributed by atoms with E-state index in [0.717, 1.165) is 74.2 Å². The Bertz CT molecular complexity index is 1350. The average molecular weight is 604 g/mol. The minimum Gasteiger partial charge on any atom is -0.497 e. The molecular formula is C33H41F4N3O3. The molecule has 0 aliphatic carbocycles. The van der Waals surface area contributed by atoms with Crippen molar-refractivity contribution in [3.8, 4) is 5.75 Å². The third kappa shape index (κ3) is 7.66. The number of halogens is 4. The molecule has 2 saturated heterocycles. The van der Waals surface area contributed by atoms with Crippen LogP contribution in [0.2, 0.25) is 0 Å². The van der Waals surface area contributed by atoms with E-state index in [2.05, 4.69) is 14.8 Å². The molecule has 43 heavy (non-hydrogen) atoms. The number of morpholine rings is 1. The van der Waals surface area contributed by atoms with E-state index in [1.54, 1.807) is 13.3 Å². The first-order valence-corrected chi connectivity index (χ1v) is 15.2. The number of piperidine rings is 1. The van der Waals surface area contributed by atoms with Gasteiger partial charge in [-0.2, -0.15) is 0 Å². The second-order valence-electron chi connectivity index (χ2n) is 12.0. The van der Waals surface area contributed by atoms with Gasteiger partial charge in [-0.3, -0.25) is 9.88 Å². The number of ether oxygens (including phenoxy) is 2. The number of fused-ring (bicyclic) bond motifs is 1. The van der Waals surface area contributed by atoms with Crippen LogP contribution in [0.25, 0.3) is 10.9 Å². The molecule has 3 aromatic rings. The van der Waals surface area contributed by atoms with Crippen LogP contribution in [0.1, 0.15) is 55.0 Å². The van der Waals surface area contributed by atoms with E-state index in [0.29, 0.717) is 55.9 Å². The Morgan fingerprint density at radius 1 is 1.02 bits per heavy atom. The van der Waals surface area contributed by atoms with Gasteiger partial charge in [0.05, 0.1) is 25.8 Å². The molecule has 3 heterocycles. The minimum atomic E-state index is -1.44. The first-order chi connectivity index (χ1) is 20.8. The summed E-state index contributed by atoms with van der Waals surface area (Å²) >= 11 is 0. The van der Waals surface area contributed by atoms with Gasteiger partial charge in [0.25, 0.3) is 0 Å². The molecule has 2 aromatic carbocycles. The minimum absolute atomic E-state index is 0.00670. The quantitative estimate of drug-likeness (QED) is 0.203. The first kappa shape index (κ1) is 31.6. The van der Waals surface area contributed by atoms with Gasteiger partial charge in [0.15, 0.2) is 17.5 Å². The van der Waals surface area contributed by atoms with E-state index in [4.69, 9.17) is 9.47 Å². The van der Waals surface area contributed by atoms with Crippen LogP contribution in [0.5, 0.6) is 5.75 Å². The Hall–Kier alpha value is -2.79. The highest BCUT2D eigenvalue weighted by atomic mass is 19.2. The van der Waals surface area contributed by atoms with Gasteiger partial charge in [-0.05, 0) is 105 Å². The van der Waals surface area contributed by atoms with Crippen LogP contribution in [0.4, 0.5) is 17.6 Å². The number of aliphatic hydroxyl groups excluding tert-OH is 1. The number of aryl methyl sites for hydroxylation is 1. The zero-order valence-electron chi connectivity index (χ0n) is 24.8. The molecule has 1 aromatic heterocycles. The molecule has 5 rings (SSSR count). The Kier molecular flexibility index (Phi) is 10.5. The van der Waals surface area contributed by atoms with Crippen LogP contribution in [0.15, 0.2) is 36.5 Å². The molecule has 1 N–H and O–H groups in total. The van der Waals surface area contributed by atoms with Gasteiger partial charge in [-0.15, -0.1) is 0 Å². The fraction of sp³-hybridized carbons (Fsp3) is 0.545. The maximum Gasteiger partial charge on any atom is 0.194 e. The van der Waals surface area contributed by atoms with Gasteiger partial charge in [0, 0.05) is 43.4 Å². The summed E-state index contributed by atoms with van der Waals surface area (Å²) in [5, 5.41) is 11.2. The number of pyridine rings is 1. The van der Waals surface area contributed by atoms with E-state index < -0.39 is 23.6 Å². The molecule has 0 spiro atoms. The standard InChI is InChI=1S/C33H41F4N3O3/c1-42-25-4-5-30-26(19-25)31(24(20-38-30)21-40-13-15-43-16-14-40)27(34)6-7-33(22-41)8-11-39(12-9-33)10-2-3-23-17-28(35)32(37)29(36)18-23/h4-5,17-20,27,41H,2-3,6-16,21-22H2,1H3. The van der Waals surface area contributed by atoms with Gasteiger partial charge in [0.2, 0.25) is 0 Å². The molecule has 2 aliphatic heterocycles. The number of nitrogens with zero attached hydrogens (tertiary/aromatic N) is 3. The molecule has 0 bridgehead atoms. The van der Waals surface area contributed by atoms with Crippen LogP contribution in [0, 0.1) is 22.9 Å². The number of methoxy groups -OCH3 is 1.